The second kappa shape index (κ2) is 8.67. The van der Waals surface area contributed by atoms with Crippen molar-refractivity contribution < 1.29 is 13.2 Å². The molecular formula is C21H26N2O3S. The summed E-state index contributed by atoms with van der Waals surface area (Å²) in [6, 6.07) is 15.1. The van der Waals surface area contributed by atoms with Gasteiger partial charge in [0.05, 0.1) is 4.90 Å². The number of benzene rings is 2. The first-order valence-electron chi connectivity index (χ1n) is 9.42. The Bertz CT molecular complexity index is 871. The summed E-state index contributed by atoms with van der Waals surface area (Å²) in [7, 11) is -3.42. The Labute approximate surface area is 161 Å². The summed E-state index contributed by atoms with van der Waals surface area (Å²) in [5.41, 5.74) is 3.31. The number of hydrogen-bond acceptors (Lipinski definition) is 3. The van der Waals surface area contributed by atoms with E-state index in [2.05, 4.69) is 29.1 Å². The van der Waals surface area contributed by atoms with E-state index in [4.69, 9.17) is 0 Å². The largest absolute Gasteiger partial charge is 0.352 e. The van der Waals surface area contributed by atoms with E-state index >= 15 is 0 Å². The van der Waals surface area contributed by atoms with Gasteiger partial charge in [-0.1, -0.05) is 43.3 Å². The van der Waals surface area contributed by atoms with E-state index in [1.807, 2.05) is 12.1 Å². The molecule has 1 saturated carbocycles. The zero-order valence-corrected chi connectivity index (χ0v) is 16.4. The van der Waals surface area contributed by atoms with E-state index in [1.165, 1.54) is 5.56 Å². The molecule has 0 aliphatic heterocycles. The van der Waals surface area contributed by atoms with Gasteiger partial charge in [0.1, 0.15) is 0 Å². The lowest BCUT2D eigenvalue weighted by Crippen LogP contribution is -2.25. The van der Waals surface area contributed by atoms with Gasteiger partial charge < -0.3 is 5.32 Å². The number of rotatable bonds is 9. The maximum absolute atomic E-state index is 12.1. The van der Waals surface area contributed by atoms with Crippen LogP contribution in [-0.4, -0.2) is 20.4 Å². The number of aryl methyl sites for hydroxylation is 2. The molecule has 2 aromatic carbocycles. The highest BCUT2D eigenvalue weighted by Gasteiger charge is 2.27. The molecule has 0 radical (unpaired) electrons. The maximum Gasteiger partial charge on any atom is 0.240 e. The fourth-order valence-corrected chi connectivity index (χ4v) is 4.07. The molecule has 1 fully saturated rings. The summed E-state index contributed by atoms with van der Waals surface area (Å²) >= 11 is 0. The first kappa shape index (κ1) is 19.6. The minimum Gasteiger partial charge on any atom is -0.352 e. The zero-order valence-electron chi connectivity index (χ0n) is 15.6. The molecule has 2 N–H and O–H groups in total. The van der Waals surface area contributed by atoms with Gasteiger partial charge in [-0.3, -0.25) is 4.79 Å². The van der Waals surface area contributed by atoms with Crippen molar-refractivity contribution in [3.8, 4) is 0 Å². The topological polar surface area (TPSA) is 75.3 Å². The van der Waals surface area contributed by atoms with Crippen LogP contribution in [0.15, 0.2) is 53.4 Å². The monoisotopic (exact) mass is 386 g/mol. The van der Waals surface area contributed by atoms with Crippen LogP contribution in [0, 0.1) is 0 Å². The van der Waals surface area contributed by atoms with Crippen molar-refractivity contribution in [1.82, 2.24) is 10.0 Å². The molecule has 0 heterocycles. The smallest absolute Gasteiger partial charge is 0.240 e. The molecule has 27 heavy (non-hydrogen) atoms. The van der Waals surface area contributed by atoms with Crippen molar-refractivity contribution in [1.29, 1.82) is 0 Å². The number of carbonyl (C=O) groups is 1. The highest BCUT2D eigenvalue weighted by Crippen LogP contribution is 2.22. The number of carbonyl (C=O) groups excluding carboxylic acids is 1. The lowest BCUT2D eigenvalue weighted by molar-refractivity contribution is -0.121. The van der Waals surface area contributed by atoms with Crippen molar-refractivity contribution in [2.24, 2.45) is 0 Å². The quantitative estimate of drug-likeness (QED) is 0.696. The summed E-state index contributed by atoms with van der Waals surface area (Å²) in [6.45, 7) is 2.63. The molecule has 6 heteroatoms. The van der Waals surface area contributed by atoms with Crippen molar-refractivity contribution in [3.05, 3.63) is 65.2 Å². The molecule has 0 saturated heterocycles. The summed E-state index contributed by atoms with van der Waals surface area (Å²) in [4.78, 5) is 12.3. The van der Waals surface area contributed by atoms with Crippen LogP contribution in [0.2, 0.25) is 0 Å². The molecule has 0 atom stereocenters. The highest BCUT2D eigenvalue weighted by atomic mass is 32.2. The predicted octanol–water partition coefficient (Wildman–Crippen LogP) is 2.94. The lowest BCUT2D eigenvalue weighted by Gasteiger charge is -2.08. The highest BCUT2D eigenvalue weighted by molar-refractivity contribution is 7.89. The van der Waals surface area contributed by atoms with Gasteiger partial charge in [0.25, 0.3) is 0 Å². The van der Waals surface area contributed by atoms with E-state index in [1.54, 1.807) is 24.3 Å². The maximum atomic E-state index is 12.1. The van der Waals surface area contributed by atoms with E-state index in [9.17, 15) is 13.2 Å². The third-order valence-corrected chi connectivity index (χ3v) is 6.23. The van der Waals surface area contributed by atoms with E-state index in [0.29, 0.717) is 19.4 Å². The van der Waals surface area contributed by atoms with Crippen molar-refractivity contribution in [3.63, 3.8) is 0 Å². The van der Waals surface area contributed by atoms with Gasteiger partial charge in [0.2, 0.25) is 15.9 Å². The van der Waals surface area contributed by atoms with Gasteiger partial charge in [0, 0.05) is 19.0 Å². The Morgan fingerprint density at radius 1 is 0.963 bits per heavy atom. The van der Waals surface area contributed by atoms with Crippen LogP contribution in [0.5, 0.6) is 0 Å². The number of sulfonamides is 1. The molecule has 1 aliphatic carbocycles. The van der Waals surface area contributed by atoms with E-state index in [-0.39, 0.29) is 16.8 Å². The van der Waals surface area contributed by atoms with E-state index in [0.717, 1.165) is 30.4 Å². The average molecular weight is 387 g/mol. The molecule has 1 aliphatic rings. The van der Waals surface area contributed by atoms with Crippen LogP contribution in [-0.2, 0) is 34.2 Å². The minimum atomic E-state index is -3.42. The van der Waals surface area contributed by atoms with Crippen molar-refractivity contribution >= 4 is 15.9 Å². The number of hydrogen-bond donors (Lipinski definition) is 2. The zero-order chi connectivity index (χ0) is 19.3. The lowest BCUT2D eigenvalue weighted by atomic mass is 10.1. The molecule has 0 unspecified atom stereocenters. The predicted molar refractivity (Wildman–Crippen MR) is 106 cm³/mol. The Kier molecular flexibility index (Phi) is 6.29. The standard InChI is InChI=1S/C21H26N2O3S/c1-2-16-3-5-18(6-4-16)15-22-21(24)14-9-17-7-12-20(13-8-17)27(25,26)23-19-10-11-19/h3-8,12-13,19,23H,2,9-11,14-15H2,1H3,(H,22,24). The molecule has 5 nitrogen and oxygen atoms in total. The van der Waals surface area contributed by atoms with E-state index < -0.39 is 10.0 Å². The van der Waals surface area contributed by atoms with Crippen LogP contribution < -0.4 is 10.0 Å². The SMILES string of the molecule is CCc1ccc(CNC(=O)CCc2ccc(S(=O)(=O)NC3CC3)cc2)cc1. The van der Waals surface area contributed by atoms with Gasteiger partial charge in [-0.05, 0) is 54.5 Å². The Morgan fingerprint density at radius 2 is 1.56 bits per heavy atom. The fraction of sp³-hybridized carbons (Fsp3) is 0.381. The van der Waals surface area contributed by atoms with Crippen LogP contribution in [0.1, 0.15) is 42.9 Å². The first-order valence-corrected chi connectivity index (χ1v) is 10.9. The summed E-state index contributed by atoms with van der Waals surface area (Å²) < 4.78 is 27.0. The molecule has 1 amide bonds. The van der Waals surface area contributed by atoms with Crippen LogP contribution in [0.3, 0.4) is 0 Å². The summed E-state index contributed by atoms with van der Waals surface area (Å²) in [5.74, 6) is -0.0123. The molecule has 0 spiro atoms. The van der Waals surface area contributed by atoms with Crippen molar-refractivity contribution in [2.45, 2.75) is 56.5 Å². The second-order valence-electron chi connectivity index (χ2n) is 6.99. The van der Waals surface area contributed by atoms with Gasteiger partial charge >= 0.3 is 0 Å². The van der Waals surface area contributed by atoms with Gasteiger partial charge in [-0.25, -0.2) is 13.1 Å². The normalized spacial score (nSPS) is 14.1. The number of nitrogens with one attached hydrogen (secondary N) is 2. The van der Waals surface area contributed by atoms with Gasteiger partial charge in [0.15, 0.2) is 0 Å². The average Bonchev–Trinajstić information content (AvgIpc) is 3.48. The first-order chi connectivity index (χ1) is 13.0. The Balaban J connectivity index is 1.45. The molecule has 0 aromatic heterocycles. The van der Waals surface area contributed by atoms with Gasteiger partial charge in [-0.2, -0.15) is 0 Å². The third-order valence-electron chi connectivity index (χ3n) is 4.69. The fourth-order valence-electron chi connectivity index (χ4n) is 2.76. The third kappa shape index (κ3) is 5.91. The summed E-state index contributed by atoms with van der Waals surface area (Å²) in [6.07, 6.45) is 3.78. The second-order valence-corrected chi connectivity index (χ2v) is 8.70. The molecule has 3 rings (SSSR count). The van der Waals surface area contributed by atoms with Crippen LogP contribution in [0.4, 0.5) is 0 Å². The van der Waals surface area contributed by atoms with Crippen LogP contribution in [0.25, 0.3) is 0 Å². The molecule has 0 bridgehead atoms. The summed E-state index contributed by atoms with van der Waals surface area (Å²) in [5, 5.41) is 2.93. The Morgan fingerprint density at radius 3 is 2.15 bits per heavy atom. The molecule has 144 valence electrons. The van der Waals surface area contributed by atoms with Crippen molar-refractivity contribution in [2.75, 3.05) is 0 Å². The molecule has 2 aromatic rings. The number of amides is 1. The molecular weight excluding hydrogens is 360 g/mol. The minimum absolute atomic E-state index is 0.0123. The van der Waals surface area contributed by atoms with Gasteiger partial charge in [-0.15, -0.1) is 0 Å². The van der Waals surface area contributed by atoms with Crippen LogP contribution >= 0.6 is 0 Å². The Hall–Kier alpha value is -2.18.